The lowest BCUT2D eigenvalue weighted by Crippen LogP contribution is -2.01. The van der Waals surface area contributed by atoms with E-state index in [9.17, 15) is 4.79 Å². The molecule has 0 fully saturated rings. The molecule has 0 amide bonds. The summed E-state index contributed by atoms with van der Waals surface area (Å²) in [4.78, 5) is 11.1. The zero-order valence-electron chi connectivity index (χ0n) is 10.2. The van der Waals surface area contributed by atoms with E-state index < -0.39 is 5.97 Å². The predicted octanol–water partition coefficient (Wildman–Crippen LogP) is 3.83. The molecule has 0 radical (unpaired) electrons. The van der Waals surface area contributed by atoms with Gasteiger partial charge in [-0.15, -0.1) is 0 Å². The highest BCUT2D eigenvalue weighted by molar-refractivity contribution is 9.10. The number of carboxylic acids is 1. The molecular weight excluding hydrogens is 310 g/mol. The molecule has 5 heteroatoms. The maximum absolute atomic E-state index is 11.1. The van der Waals surface area contributed by atoms with Crippen LogP contribution in [0, 0.1) is 6.92 Å². The summed E-state index contributed by atoms with van der Waals surface area (Å²) in [5, 5.41) is 9.12. The van der Waals surface area contributed by atoms with Crippen molar-refractivity contribution in [3.8, 4) is 11.5 Å². The van der Waals surface area contributed by atoms with Crippen LogP contribution >= 0.6 is 15.9 Å². The van der Waals surface area contributed by atoms with Gasteiger partial charge in [0.1, 0.15) is 17.1 Å². The van der Waals surface area contributed by atoms with E-state index in [4.69, 9.17) is 15.6 Å². The van der Waals surface area contributed by atoms with Crippen LogP contribution in [0.1, 0.15) is 15.9 Å². The standard InChI is InChI=1S/C14H12BrNO3/c1-8-2-5-12(11(15)6-8)19-13-7-9(16)3-4-10(13)14(17)18/h2-7H,16H2,1H3,(H,17,18). The van der Waals surface area contributed by atoms with E-state index in [1.165, 1.54) is 18.2 Å². The van der Waals surface area contributed by atoms with Crippen molar-refractivity contribution >= 4 is 27.6 Å². The lowest BCUT2D eigenvalue weighted by molar-refractivity contribution is 0.0694. The van der Waals surface area contributed by atoms with Crippen LogP contribution in [0.4, 0.5) is 5.69 Å². The third-order valence-corrected chi connectivity index (χ3v) is 3.16. The molecule has 19 heavy (non-hydrogen) atoms. The molecule has 0 aliphatic rings. The fraction of sp³-hybridized carbons (Fsp3) is 0.0714. The van der Waals surface area contributed by atoms with Gasteiger partial charge < -0.3 is 15.6 Å². The topological polar surface area (TPSA) is 72.5 Å². The first kappa shape index (κ1) is 13.4. The number of nitrogens with two attached hydrogens (primary N) is 1. The normalized spacial score (nSPS) is 10.2. The minimum absolute atomic E-state index is 0.0710. The highest BCUT2D eigenvalue weighted by Gasteiger charge is 2.13. The fourth-order valence-corrected chi connectivity index (χ4v) is 2.18. The molecule has 0 spiro atoms. The first-order chi connectivity index (χ1) is 8.97. The first-order valence-electron chi connectivity index (χ1n) is 5.54. The monoisotopic (exact) mass is 321 g/mol. The van der Waals surface area contributed by atoms with E-state index in [1.54, 1.807) is 6.07 Å². The number of ether oxygens (including phenoxy) is 1. The van der Waals surface area contributed by atoms with Gasteiger partial charge in [-0.05, 0) is 52.7 Å². The quantitative estimate of drug-likeness (QED) is 0.843. The number of carboxylic acid groups (broad SMARTS) is 1. The molecule has 0 unspecified atom stereocenters. The molecule has 4 nitrogen and oxygen atoms in total. The minimum Gasteiger partial charge on any atom is -0.478 e. The Balaban J connectivity index is 2.42. The van der Waals surface area contributed by atoms with Crippen molar-refractivity contribution in [3.05, 3.63) is 52.0 Å². The summed E-state index contributed by atoms with van der Waals surface area (Å²) in [6, 6.07) is 9.99. The van der Waals surface area contributed by atoms with Crippen LogP contribution in [-0.4, -0.2) is 11.1 Å². The summed E-state index contributed by atoms with van der Waals surface area (Å²) in [5.74, 6) is -0.297. The van der Waals surface area contributed by atoms with Gasteiger partial charge in [-0.3, -0.25) is 0 Å². The second kappa shape index (κ2) is 5.32. The van der Waals surface area contributed by atoms with E-state index >= 15 is 0 Å². The number of hydrogen-bond acceptors (Lipinski definition) is 3. The number of aryl methyl sites for hydroxylation is 1. The molecule has 0 heterocycles. The van der Waals surface area contributed by atoms with Crippen molar-refractivity contribution in [3.63, 3.8) is 0 Å². The molecule has 0 aromatic heterocycles. The van der Waals surface area contributed by atoms with Gasteiger partial charge in [0.25, 0.3) is 0 Å². The molecule has 0 saturated carbocycles. The van der Waals surface area contributed by atoms with E-state index in [2.05, 4.69) is 15.9 Å². The van der Waals surface area contributed by atoms with Crippen molar-refractivity contribution in [2.45, 2.75) is 6.92 Å². The van der Waals surface area contributed by atoms with Gasteiger partial charge in [-0.25, -0.2) is 4.79 Å². The SMILES string of the molecule is Cc1ccc(Oc2cc(N)ccc2C(=O)O)c(Br)c1. The van der Waals surface area contributed by atoms with Crippen molar-refractivity contribution in [2.75, 3.05) is 5.73 Å². The second-order valence-electron chi connectivity index (χ2n) is 4.10. The van der Waals surface area contributed by atoms with Crippen molar-refractivity contribution in [2.24, 2.45) is 0 Å². The molecule has 0 bridgehead atoms. The highest BCUT2D eigenvalue weighted by Crippen LogP contribution is 2.33. The Kier molecular flexibility index (Phi) is 3.76. The molecule has 3 N–H and O–H groups in total. The summed E-state index contributed by atoms with van der Waals surface area (Å²) in [5.41, 5.74) is 7.25. The molecule has 0 saturated heterocycles. The summed E-state index contributed by atoms with van der Waals surface area (Å²) in [6.07, 6.45) is 0. The van der Waals surface area contributed by atoms with Gasteiger partial charge in [0.2, 0.25) is 0 Å². The Bertz CT molecular complexity index is 641. The largest absolute Gasteiger partial charge is 0.478 e. The van der Waals surface area contributed by atoms with Crippen LogP contribution in [0.15, 0.2) is 40.9 Å². The summed E-state index contributed by atoms with van der Waals surface area (Å²) >= 11 is 3.38. The smallest absolute Gasteiger partial charge is 0.339 e. The van der Waals surface area contributed by atoms with Crippen LogP contribution < -0.4 is 10.5 Å². The Morgan fingerprint density at radius 3 is 2.58 bits per heavy atom. The molecule has 0 atom stereocenters. The Hall–Kier alpha value is -2.01. The number of aromatic carboxylic acids is 1. The number of nitrogen functional groups attached to an aromatic ring is 1. The lowest BCUT2D eigenvalue weighted by Gasteiger charge is -2.11. The van der Waals surface area contributed by atoms with Gasteiger partial charge in [-0.1, -0.05) is 6.07 Å². The summed E-state index contributed by atoms with van der Waals surface area (Å²) in [6.45, 7) is 1.96. The van der Waals surface area contributed by atoms with Crippen molar-refractivity contribution in [1.29, 1.82) is 0 Å². The molecule has 2 aromatic rings. The third kappa shape index (κ3) is 3.06. The van der Waals surface area contributed by atoms with E-state index in [1.807, 2.05) is 19.1 Å². The maximum Gasteiger partial charge on any atom is 0.339 e. The number of benzene rings is 2. The van der Waals surface area contributed by atoms with Gasteiger partial charge in [-0.2, -0.15) is 0 Å². The van der Waals surface area contributed by atoms with E-state index in [0.717, 1.165) is 10.0 Å². The molecule has 2 rings (SSSR count). The fourth-order valence-electron chi connectivity index (χ4n) is 1.61. The van der Waals surface area contributed by atoms with E-state index in [-0.39, 0.29) is 11.3 Å². The van der Waals surface area contributed by atoms with Crippen LogP contribution in [0.25, 0.3) is 0 Å². The van der Waals surface area contributed by atoms with Crippen molar-refractivity contribution in [1.82, 2.24) is 0 Å². The van der Waals surface area contributed by atoms with E-state index in [0.29, 0.717) is 11.4 Å². The number of rotatable bonds is 3. The van der Waals surface area contributed by atoms with Crippen LogP contribution in [0.3, 0.4) is 0 Å². The zero-order chi connectivity index (χ0) is 14.0. The predicted molar refractivity (Wildman–Crippen MR) is 76.8 cm³/mol. The Morgan fingerprint density at radius 1 is 1.21 bits per heavy atom. The number of anilines is 1. The number of carbonyl (C=O) groups is 1. The van der Waals surface area contributed by atoms with Gasteiger partial charge >= 0.3 is 5.97 Å². The van der Waals surface area contributed by atoms with Gasteiger partial charge in [0.15, 0.2) is 0 Å². The van der Waals surface area contributed by atoms with Gasteiger partial charge in [0, 0.05) is 11.8 Å². The number of halogens is 1. The average molecular weight is 322 g/mol. The van der Waals surface area contributed by atoms with Gasteiger partial charge in [0.05, 0.1) is 4.47 Å². The average Bonchev–Trinajstić information content (AvgIpc) is 2.32. The van der Waals surface area contributed by atoms with Crippen LogP contribution in [0.2, 0.25) is 0 Å². The van der Waals surface area contributed by atoms with Crippen LogP contribution in [-0.2, 0) is 0 Å². The summed E-state index contributed by atoms with van der Waals surface area (Å²) < 4.78 is 6.39. The molecule has 98 valence electrons. The third-order valence-electron chi connectivity index (χ3n) is 2.54. The van der Waals surface area contributed by atoms with Crippen LogP contribution in [0.5, 0.6) is 11.5 Å². The number of hydrogen-bond donors (Lipinski definition) is 2. The Morgan fingerprint density at radius 2 is 1.95 bits per heavy atom. The first-order valence-corrected chi connectivity index (χ1v) is 6.33. The molecular formula is C14H12BrNO3. The summed E-state index contributed by atoms with van der Waals surface area (Å²) in [7, 11) is 0. The zero-order valence-corrected chi connectivity index (χ0v) is 11.8. The minimum atomic E-state index is -1.06. The maximum atomic E-state index is 11.1. The molecule has 2 aromatic carbocycles. The highest BCUT2D eigenvalue weighted by atomic mass is 79.9. The van der Waals surface area contributed by atoms with Crippen molar-refractivity contribution < 1.29 is 14.6 Å². The molecule has 0 aliphatic carbocycles. The second-order valence-corrected chi connectivity index (χ2v) is 4.95. The molecule has 0 aliphatic heterocycles. The Labute approximate surface area is 118 Å². The lowest BCUT2D eigenvalue weighted by atomic mass is 10.2.